The van der Waals surface area contributed by atoms with E-state index in [1.54, 1.807) is 0 Å². The summed E-state index contributed by atoms with van der Waals surface area (Å²) in [5, 5.41) is 0. The lowest BCUT2D eigenvalue weighted by molar-refractivity contribution is 0.320. The molecular weight excluding hydrogens is 234 g/mol. The van der Waals surface area contributed by atoms with E-state index in [1.165, 1.54) is 12.1 Å². The molecule has 0 radical (unpaired) electrons. The minimum Gasteiger partial charge on any atom is -0.367 e. The van der Waals surface area contributed by atoms with Crippen LogP contribution in [0, 0.1) is 23.5 Å². The highest BCUT2D eigenvalue weighted by molar-refractivity contribution is 5.51. The predicted octanol–water partition coefficient (Wildman–Crippen LogP) is 2.91. The molecule has 0 aliphatic carbocycles. The van der Waals surface area contributed by atoms with Gasteiger partial charge in [-0.25, -0.2) is 8.78 Å². The summed E-state index contributed by atoms with van der Waals surface area (Å²) in [5.74, 6) is 0.0526. The fraction of sp³-hybridized carbons (Fsp3) is 0.571. The molecule has 18 heavy (non-hydrogen) atoms. The van der Waals surface area contributed by atoms with Gasteiger partial charge in [-0.2, -0.15) is 0 Å². The van der Waals surface area contributed by atoms with Crippen molar-refractivity contribution in [3.8, 4) is 0 Å². The van der Waals surface area contributed by atoms with Gasteiger partial charge in [-0.15, -0.1) is 0 Å². The first-order valence-corrected chi connectivity index (χ1v) is 6.46. The second-order valence-electron chi connectivity index (χ2n) is 5.30. The topological polar surface area (TPSA) is 29.3 Å². The first kappa shape index (κ1) is 13.3. The van der Waals surface area contributed by atoms with E-state index in [4.69, 9.17) is 5.73 Å². The average molecular weight is 254 g/mol. The maximum Gasteiger partial charge on any atom is 0.149 e. The van der Waals surface area contributed by atoms with Crippen LogP contribution in [0.25, 0.3) is 0 Å². The molecule has 1 aliphatic heterocycles. The van der Waals surface area contributed by atoms with E-state index in [0.29, 0.717) is 30.5 Å². The molecule has 100 valence electrons. The highest BCUT2D eigenvalue weighted by Gasteiger charge is 2.26. The van der Waals surface area contributed by atoms with Crippen LogP contribution >= 0.6 is 0 Å². The van der Waals surface area contributed by atoms with Crippen LogP contribution in [-0.2, 0) is 6.54 Å². The molecule has 1 aromatic rings. The zero-order valence-corrected chi connectivity index (χ0v) is 10.9. The van der Waals surface area contributed by atoms with E-state index < -0.39 is 11.6 Å². The Morgan fingerprint density at radius 2 is 1.83 bits per heavy atom. The molecule has 2 atom stereocenters. The number of rotatable bonds is 2. The maximum atomic E-state index is 14.0. The van der Waals surface area contributed by atoms with Crippen molar-refractivity contribution in [2.24, 2.45) is 17.6 Å². The summed E-state index contributed by atoms with van der Waals surface area (Å²) in [7, 11) is 0. The van der Waals surface area contributed by atoms with E-state index in [-0.39, 0.29) is 12.2 Å². The maximum absolute atomic E-state index is 14.0. The molecular formula is C14H20F2N2. The fourth-order valence-corrected chi connectivity index (χ4v) is 2.50. The highest BCUT2D eigenvalue weighted by atomic mass is 19.1. The van der Waals surface area contributed by atoms with E-state index in [0.717, 1.165) is 6.42 Å². The third-order valence-electron chi connectivity index (χ3n) is 3.96. The Balaban J connectivity index is 2.28. The molecule has 2 nitrogen and oxygen atoms in total. The molecule has 1 aromatic carbocycles. The molecule has 2 N–H and O–H groups in total. The minimum absolute atomic E-state index is 0.103. The number of hydrogen-bond acceptors (Lipinski definition) is 2. The van der Waals surface area contributed by atoms with Crippen LogP contribution in [0.4, 0.5) is 14.5 Å². The summed E-state index contributed by atoms with van der Waals surface area (Å²) >= 11 is 0. The Morgan fingerprint density at radius 1 is 1.22 bits per heavy atom. The molecule has 1 heterocycles. The van der Waals surface area contributed by atoms with Crippen molar-refractivity contribution in [3.63, 3.8) is 0 Å². The second-order valence-corrected chi connectivity index (χ2v) is 5.30. The van der Waals surface area contributed by atoms with Crippen LogP contribution in [0.5, 0.6) is 0 Å². The van der Waals surface area contributed by atoms with Gasteiger partial charge in [0, 0.05) is 19.6 Å². The van der Waals surface area contributed by atoms with Crippen molar-refractivity contribution < 1.29 is 8.78 Å². The van der Waals surface area contributed by atoms with E-state index in [9.17, 15) is 8.78 Å². The van der Waals surface area contributed by atoms with Gasteiger partial charge in [0.2, 0.25) is 0 Å². The van der Waals surface area contributed by atoms with Gasteiger partial charge in [0.05, 0.1) is 0 Å². The van der Waals surface area contributed by atoms with Crippen molar-refractivity contribution >= 4 is 5.69 Å². The number of benzene rings is 1. The lowest BCUT2D eigenvalue weighted by Gasteiger charge is -2.37. The zero-order chi connectivity index (χ0) is 13.3. The van der Waals surface area contributed by atoms with Crippen molar-refractivity contribution in [1.29, 1.82) is 0 Å². The molecule has 2 unspecified atom stereocenters. The van der Waals surface area contributed by atoms with Gasteiger partial charge in [-0.1, -0.05) is 13.8 Å². The van der Waals surface area contributed by atoms with Crippen LogP contribution < -0.4 is 10.6 Å². The van der Waals surface area contributed by atoms with E-state index in [1.807, 2.05) is 4.90 Å². The first-order valence-electron chi connectivity index (χ1n) is 6.46. The van der Waals surface area contributed by atoms with Gasteiger partial charge >= 0.3 is 0 Å². The Morgan fingerprint density at radius 3 is 2.33 bits per heavy atom. The number of hydrogen-bond donors (Lipinski definition) is 1. The molecule has 1 aliphatic rings. The van der Waals surface area contributed by atoms with Crippen LogP contribution in [0.2, 0.25) is 0 Å². The monoisotopic (exact) mass is 254 g/mol. The number of piperidine rings is 1. The largest absolute Gasteiger partial charge is 0.367 e. The molecule has 1 fully saturated rings. The van der Waals surface area contributed by atoms with Crippen molar-refractivity contribution in [2.75, 3.05) is 18.0 Å². The number of halogens is 2. The molecule has 0 aromatic heterocycles. The Bertz CT molecular complexity index is 411. The SMILES string of the molecule is CC1CCN(c2c(F)cc(CN)cc2F)CC1C. The van der Waals surface area contributed by atoms with Crippen LogP contribution in [0.3, 0.4) is 0 Å². The summed E-state index contributed by atoms with van der Waals surface area (Å²) in [5.41, 5.74) is 6.00. The number of nitrogens with two attached hydrogens (primary N) is 1. The molecule has 4 heteroatoms. The highest BCUT2D eigenvalue weighted by Crippen LogP contribution is 2.31. The van der Waals surface area contributed by atoms with E-state index >= 15 is 0 Å². The number of nitrogens with zero attached hydrogens (tertiary/aromatic N) is 1. The van der Waals surface area contributed by atoms with Crippen LogP contribution in [0.15, 0.2) is 12.1 Å². The van der Waals surface area contributed by atoms with Gasteiger partial charge in [0.15, 0.2) is 0 Å². The van der Waals surface area contributed by atoms with Crippen LogP contribution in [0.1, 0.15) is 25.8 Å². The van der Waals surface area contributed by atoms with Gasteiger partial charge in [-0.3, -0.25) is 0 Å². The molecule has 0 spiro atoms. The lowest BCUT2D eigenvalue weighted by atomic mass is 9.88. The normalized spacial score (nSPS) is 24.4. The summed E-state index contributed by atoms with van der Waals surface area (Å²) < 4.78 is 27.9. The Kier molecular flexibility index (Phi) is 3.85. The fourth-order valence-electron chi connectivity index (χ4n) is 2.50. The van der Waals surface area contributed by atoms with Crippen LogP contribution in [-0.4, -0.2) is 13.1 Å². The van der Waals surface area contributed by atoms with Gasteiger partial charge in [0.1, 0.15) is 17.3 Å². The molecule has 0 saturated carbocycles. The Hall–Kier alpha value is -1.16. The van der Waals surface area contributed by atoms with Crippen molar-refractivity contribution in [1.82, 2.24) is 0 Å². The Labute approximate surface area is 107 Å². The number of anilines is 1. The smallest absolute Gasteiger partial charge is 0.149 e. The lowest BCUT2D eigenvalue weighted by Crippen LogP contribution is -2.39. The van der Waals surface area contributed by atoms with E-state index in [2.05, 4.69) is 13.8 Å². The van der Waals surface area contributed by atoms with Gasteiger partial charge < -0.3 is 10.6 Å². The second kappa shape index (κ2) is 5.22. The minimum atomic E-state index is -0.503. The standard InChI is InChI=1S/C14H20F2N2/c1-9-3-4-18(8-10(9)2)14-12(15)5-11(7-17)6-13(14)16/h5-6,9-10H,3-4,7-8,17H2,1-2H3. The summed E-state index contributed by atoms with van der Waals surface area (Å²) in [6, 6.07) is 2.67. The van der Waals surface area contributed by atoms with Crippen molar-refractivity contribution in [2.45, 2.75) is 26.8 Å². The third-order valence-corrected chi connectivity index (χ3v) is 3.96. The summed E-state index contributed by atoms with van der Waals surface area (Å²) in [6.07, 6.45) is 0.971. The molecule has 1 saturated heterocycles. The molecule has 2 rings (SSSR count). The molecule has 0 bridgehead atoms. The quantitative estimate of drug-likeness (QED) is 0.879. The molecule has 0 amide bonds. The zero-order valence-electron chi connectivity index (χ0n) is 10.9. The first-order chi connectivity index (χ1) is 8.52. The summed E-state index contributed by atoms with van der Waals surface area (Å²) in [4.78, 5) is 1.82. The third kappa shape index (κ3) is 2.48. The van der Waals surface area contributed by atoms with Gasteiger partial charge in [-0.05, 0) is 36.0 Å². The predicted molar refractivity (Wildman–Crippen MR) is 69.4 cm³/mol. The van der Waals surface area contributed by atoms with Crippen molar-refractivity contribution in [3.05, 3.63) is 29.3 Å². The van der Waals surface area contributed by atoms with Gasteiger partial charge in [0.25, 0.3) is 0 Å². The average Bonchev–Trinajstić information content (AvgIpc) is 2.32. The summed E-state index contributed by atoms with van der Waals surface area (Å²) in [6.45, 7) is 5.88.